The summed E-state index contributed by atoms with van der Waals surface area (Å²) in [6.07, 6.45) is 1.27. The number of aryl methyl sites for hydroxylation is 2. The molecule has 0 aliphatic carbocycles. The van der Waals surface area contributed by atoms with E-state index in [1.54, 1.807) is 7.11 Å². The van der Waals surface area contributed by atoms with E-state index in [-0.39, 0.29) is 6.04 Å². The van der Waals surface area contributed by atoms with Crippen molar-refractivity contribution in [3.05, 3.63) is 41.5 Å². The molecular weight excluding hydrogens is 250 g/mol. The number of rotatable bonds is 7. The molecule has 112 valence electrons. The van der Waals surface area contributed by atoms with Crippen molar-refractivity contribution < 1.29 is 9.84 Å². The van der Waals surface area contributed by atoms with Gasteiger partial charge in [0.1, 0.15) is 5.75 Å². The summed E-state index contributed by atoms with van der Waals surface area (Å²) in [6, 6.07) is 3.94. The summed E-state index contributed by atoms with van der Waals surface area (Å²) in [6.45, 7) is 12.7. The Labute approximate surface area is 122 Å². The minimum absolute atomic E-state index is 0.00112. The first-order valence-corrected chi connectivity index (χ1v) is 7.09. The zero-order valence-corrected chi connectivity index (χ0v) is 13.2. The van der Waals surface area contributed by atoms with Crippen molar-refractivity contribution in [2.45, 2.75) is 39.8 Å². The number of ether oxygens (including phenoxy) is 1. The second-order valence-electron chi connectivity index (χ2n) is 5.59. The van der Waals surface area contributed by atoms with Gasteiger partial charge < -0.3 is 15.2 Å². The smallest absolute Gasteiger partial charge is 0.119 e. The number of hydrogen-bond donors (Lipinski definition) is 2. The van der Waals surface area contributed by atoms with Crippen LogP contribution in [0.5, 0.6) is 5.75 Å². The molecule has 0 radical (unpaired) electrons. The standard InChI is InChI=1S/C17H27NO2/c1-7-8-18-16(11(2)3)17(19)15-12(4)9-14(20-6)10-13(15)5/h7,9-11,16-19H,1,8H2,2-6H3. The van der Waals surface area contributed by atoms with Gasteiger partial charge in [0, 0.05) is 12.6 Å². The summed E-state index contributed by atoms with van der Waals surface area (Å²) in [4.78, 5) is 0. The second kappa shape index (κ2) is 7.46. The summed E-state index contributed by atoms with van der Waals surface area (Å²) in [5, 5.41) is 14.1. The normalized spacial score (nSPS) is 14.2. The molecule has 1 rings (SSSR count). The molecule has 0 saturated heterocycles. The van der Waals surface area contributed by atoms with Crippen LogP contribution >= 0.6 is 0 Å². The van der Waals surface area contributed by atoms with Crippen molar-refractivity contribution in [3.63, 3.8) is 0 Å². The Morgan fingerprint density at radius 3 is 2.25 bits per heavy atom. The van der Waals surface area contributed by atoms with Crippen molar-refractivity contribution in [2.75, 3.05) is 13.7 Å². The van der Waals surface area contributed by atoms with Crippen LogP contribution in [0.3, 0.4) is 0 Å². The molecule has 0 aromatic heterocycles. The van der Waals surface area contributed by atoms with Gasteiger partial charge in [-0.15, -0.1) is 6.58 Å². The van der Waals surface area contributed by atoms with Gasteiger partial charge in [-0.25, -0.2) is 0 Å². The van der Waals surface area contributed by atoms with Gasteiger partial charge in [0.2, 0.25) is 0 Å². The summed E-state index contributed by atoms with van der Waals surface area (Å²) in [5.41, 5.74) is 3.10. The first-order chi connectivity index (χ1) is 9.42. The molecule has 0 amide bonds. The van der Waals surface area contributed by atoms with Crippen LogP contribution in [-0.2, 0) is 0 Å². The molecule has 0 aliphatic rings. The van der Waals surface area contributed by atoms with Crippen LogP contribution < -0.4 is 10.1 Å². The molecule has 2 N–H and O–H groups in total. The number of nitrogens with one attached hydrogen (secondary N) is 1. The maximum Gasteiger partial charge on any atom is 0.119 e. The topological polar surface area (TPSA) is 41.5 Å². The third-order valence-electron chi connectivity index (χ3n) is 3.65. The fraction of sp³-hybridized carbons (Fsp3) is 0.529. The van der Waals surface area contributed by atoms with Gasteiger partial charge in [0.15, 0.2) is 0 Å². The van der Waals surface area contributed by atoms with E-state index in [1.807, 2.05) is 32.1 Å². The largest absolute Gasteiger partial charge is 0.497 e. The number of benzene rings is 1. The van der Waals surface area contributed by atoms with E-state index >= 15 is 0 Å². The lowest BCUT2D eigenvalue weighted by Gasteiger charge is -2.29. The average molecular weight is 277 g/mol. The van der Waals surface area contributed by atoms with E-state index in [2.05, 4.69) is 25.7 Å². The van der Waals surface area contributed by atoms with E-state index in [9.17, 15) is 5.11 Å². The number of hydrogen-bond acceptors (Lipinski definition) is 3. The minimum Gasteiger partial charge on any atom is -0.497 e. The molecule has 20 heavy (non-hydrogen) atoms. The lowest BCUT2D eigenvalue weighted by molar-refractivity contribution is 0.106. The van der Waals surface area contributed by atoms with Crippen LogP contribution in [0.25, 0.3) is 0 Å². The Morgan fingerprint density at radius 2 is 1.85 bits per heavy atom. The summed E-state index contributed by atoms with van der Waals surface area (Å²) >= 11 is 0. The highest BCUT2D eigenvalue weighted by atomic mass is 16.5. The Kier molecular flexibility index (Phi) is 6.24. The van der Waals surface area contributed by atoms with Crippen LogP contribution in [0.15, 0.2) is 24.8 Å². The maximum atomic E-state index is 10.8. The lowest BCUT2D eigenvalue weighted by Crippen LogP contribution is -2.39. The van der Waals surface area contributed by atoms with Crippen molar-refractivity contribution >= 4 is 0 Å². The van der Waals surface area contributed by atoms with Gasteiger partial charge >= 0.3 is 0 Å². The molecule has 2 atom stereocenters. The molecule has 0 spiro atoms. The van der Waals surface area contributed by atoms with Crippen LogP contribution in [-0.4, -0.2) is 24.8 Å². The number of aliphatic hydroxyl groups is 1. The van der Waals surface area contributed by atoms with Crippen molar-refractivity contribution in [3.8, 4) is 5.75 Å². The highest BCUT2D eigenvalue weighted by molar-refractivity contribution is 5.42. The average Bonchev–Trinajstić information content (AvgIpc) is 2.37. The first-order valence-electron chi connectivity index (χ1n) is 7.09. The predicted octanol–water partition coefficient (Wildman–Crippen LogP) is 3.15. The summed E-state index contributed by atoms with van der Waals surface area (Å²) in [7, 11) is 1.66. The molecule has 3 heteroatoms. The maximum absolute atomic E-state index is 10.8. The first kappa shape index (κ1) is 16.7. The van der Waals surface area contributed by atoms with E-state index in [1.165, 1.54) is 0 Å². The minimum atomic E-state index is -0.541. The fourth-order valence-corrected chi connectivity index (χ4v) is 2.63. The zero-order chi connectivity index (χ0) is 15.3. The monoisotopic (exact) mass is 277 g/mol. The molecule has 2 unspecified atom stereocenters. The third kappa shape index (κ3) is 3.84. The molecule has 0 heterocycles. The summed E-state index contributed by atoms with van der Waals surface area (Å²) < 4.78 is 5.27. The molecule has 0 fully saturated rings. The quantitative estimate of drug-likeness (QED) is 0.752. The molecular formula is C17H27NO2. The van der Waals surface area contributed by atoms with Crippen molar-refractivity contribution in [2.24, 2.45) is 5.92 Å². The zero-order valence-electron chi connectivity index (χ0n) is 13.2. The summed E-state index contributed by atoms with van der Waals surface area (Å²) in [5.74, 6) is 1.15. The lowest BCUT2D eigenvalue weighted by atomic mass is 9.88. The van der Waals surface area contributed by atoms with E-state index in [0.29, 0.717) is 12.5 Å². The van der Waals surface area contributed by atoms with Crippen LogP contribution in [0.2, 0.25) is 0 Å². The van der Waals surface area contributed by atoms with Crippen LogP contribution in [0.1, 0.15) is 36.6 Å². The van der Waals surface area contributed by atoms with Gasteiger partial charge in [-0.2, -0.15) is 0 Å². The van der Waals surface area contributed by atoms with Gasteiger partial charge in [-0.3, -0.25) is 0 Å². The molecule has 0 aliphatic heterocycles. The van der Waals surface area contributed by atoms with Gasteiger partial charge in [0.25, 0.3) is 0 Å². The third-order valence-corrected chi connectivity index (χ3v) is 3.65. The Balaban J connectivity index is 3.11. The second-order valence-corrected chi connectivity index (χ2v) is 5.59. The molecule has 3 nitrogen and oxygen atoms in total. The number of aliphatic hydroxyl groups excluding tert-OH is 1. The van der Waals surface area contributed by atoms with Gasteiger partial charge in [-0.05, 0) is 48.6 Å². The Morgan fingerprint density at radius 1 is 1.30 bits per heavy atom. The van der Waals surface area contributed by atoms with E-state index in [4.69, 9.17) is 4.74 Å². The van der Waals surface area contributed by atoms with Crippen LogP contribution in [0, 0.1) is 19.8 Å². The highest BCUT2D eigenvalue weighted by Gasteiger charge is 2.26. The van der Waals surface area contributed by atoms with E-state index < -0.39 is 6.10 Å². The Bertz CT molecular complexity index is 431. The van der Waals surface area contributed by atoms with Crippen LogP contribution in [0.4, 0.5) is 0 Å². The SMILES string of the molecule is C=CCNC(C(C)C)C(O)c1c(C)cc(OC)cc1C. The molecule has 1 aromatic rings. The van der Waals surface area contributed by atoms with Gasteiger partial charge in [0.05, 0.1) is 13.2 Å². The number of methoxy groups -OCH3 is 1. The fourth-order valence-electron chi connectivity index (χ4n) is 2.63. The molecule has 0 bridgehead atoms. The van der Waals surface area contributed by atoms with E-state index in [0.717, 1.165) is 22.4 Å². The molecule has 1 aromatic carbocycles. The highest BCUT2D eigenvalue weighted by Crippen LogP contribution is 2.30. The van der Waals surface area contributed by atoms with Crippen molar-refractivity contribution in [1.82, 2.24) is 5.32 Å². The van der Waals surface area contributed by atoms with Gasteiger partial charge in [-0.1, -0.05) is 19.9 Å². The Hall–Kier alpha value is -1.32. The molecule has 0 saturated carbocycles. The van der Waals surface area contributed by atoms with Crippen molar-refractivity contribution in [1.29, 1.82) is 0 Å². The predicted molar refractivity (Wildman–Crippen MR) is 84.3 cm³/mol.